The first-order chi connectivity index (χ1) is 27.3. The average Bonchev–Trinajstić information content (AvgIpc) is 3.80. The van der Waals surface area contributed by atoms with Crippen molar-refractivity contribution in [3.05, 3.63) is 65.9 Å². The normalized spacial score (nSPS) is 26.5. The molecule has 8 atom stereocenters. The van der Waals surface area contributed by atoms with Gasteiger partial charge in [-0.05, 0) is 36.6 Å². The molecular weight excluding hydrogens is 746 g/mol. The van der Waals surface area contributed by atoms with Crippen molar-refractivity contribution < 1.29 is 68.0 Å². The van der Waals surface area contributed by atoms with E-state index in [-0.39, 0.29) is 30.3 Å². The number of carboxylic acids is 1. The van der Waals surface area contributed by atoms with E-state index in [1.807, 2.05) is 42.6 Å². The lowest BCUT2D eigenvalue weighted by atomic mass is 9.67. The third-order valence-corrected chi connectivity index (χ3v) is 11.4. The monoisotopic (exact) mass is 789 g/mol. The molecule has 3 aromatic carbocycles. The van der Waals surface area contributed by atoms with E-state index in [0.29, 0.717) is 47.0 Å². The maximum absolute atomic E-state index is 12.7. The lowest BCUT2D eigenvalue weighted by molar-refractivity contribution is -0.291. The van der Waals surface area contributed by atoms with Crippen LogP contribution in [0.5, 0.6) is 28.7 Å². The zero-order chi connectivity index (χ0) is 40.3. The number of H-pyrrole nitrogens is 1. The predicted molar refractivity (Wildman–Crippen MR) is 198 cm³/mol. The van der Waals surface area contributed by atoms with Crippen LogP contribution in [0.1, 0.15) is 55.3 Å². The van der Waals surface area contributed by atoms with Crippen LogP contribution in [0.15, 0.2) is 54.7 Å². The average molecular weight is 790 g/mol. The number of benzene rings is 3. The van der Waals surface area contributed by atoms with Crippen LogP contribution in [-0.4, -0.2) is 106 Å². The van der Waals surface area contributed by atoms with E-state index in [4.69, 9.17) is 49.7 Å². The number of hydrogen-bond acceptors (Lipinski definition) is 15. The molecule has 1 spiro atoms. The molecule has 302 valence electrons. The summed E-state index contributed by atoms with van der Waals surface area (Å²) in [5.74, 6) is -1.07. The fraction of sp³-hybridized carbons (Fsp3) is 0.425. The first-order valence-corrected chi connectivity index (χ1v) is 18.5. The second-order valence-corrected chi connectivity index (χ2v) is 14.7. The number of fused-ring (bicyclic) bond motifs is 7. The van der Waals surface area contributed by atoms with Crippen molar-refractivity contribution in [3.63, 3.8) is 0 Å². The van der Waals surface area contributed by atoms with Crippen molar-refractivity contribution in [1.82, 2.24) is 4.98 Å². The molecule has 1 saturated carbocycles. The van der Waals surface area contributed by atoms with E-state index in [2.05, 4.69) is 4.98 Å². The summed E-state index contributed by atoms with van der Waals surface area (Å²) >= 11 is 0. The molecule has 17 nitrogen and oxygen atoms in total. The number of aliphatic carboxylic acids is 1. The number of ether oxygens (including phenoxy) is 7. The number of carbonyl (C=O) groups excluding carboxylic acids is 2. The van der Waals surface area contributed by atoms with Gasteiger partial charge in [0, 0.05) is 52.7 Å². The fourth-order valence-electron chi connectivity index (χ4n) is 8.69. The fourth-order valence-corrected chi connectivity index (χ4v) is 8.69. The Bertz CT molecular complexity index is 2210. The Balaban J connectivity index is 1.25. The lowest BCUT2D eigenvalue weighted by Crippen LogP contribution is -2.66. The number of carbonyl (C=O) groups is 3. The highest BCUT2D eigenvalue weighted by Crippen LogP contribution is 2.65. The lowest BCUT2D eigenvalue weighted by Gasteiger charge is -2.48. The number of rotatable bonds is 10. The first kappa shape index (κ1) is 38.4. The zero-order valence-corrected chi connectivity index (χ0v) is 31.0. The van der Waals surface area contributed by atoms with Crippen LogP contribution in [0.25, 0.3) is 22.0 Å². The van der Waals surface area contributed by atoms with Crippen LogP contribution in [0, 0.1) is 0 Å². The van der Waals surface area contributed by atoms with Gasteiger partial charge in [0.05, 0.1) is 26.3 Å². The van der Waals surface area contributed by atoms with Crippen LogP contribution in [0.3, 0.4) is 0 Å². The SMILES string of the molecule is COc1ccc2c(c1OC)O[C@H]1c3c(cc(O[C@@H]4O[C@H]([C@H](OC(=O)CC(=O)O)C(N)N)[C@@H](O)[C@H](O)[C@H]4O)cc3-c3c[nH]c4ccccc34)OC3(CCC(=O)CC3)[C@@H]21. The minimum Gasteiger partial charge on any atom is -0.493 e. The number of aliphatic hydroxyl groups is 3. The van der Waals surface area contributed by atoms with Gasteiger partial charge in [-0.15, -0.1) is 0 Å². The number of nitrogens with one attached hydrogen (secondary N) is 1. The Hall–Kier alpha value is -5.43. The third kappa shape index (κ3) is 6.59. The highest BCUT2D eigenvalue weighted by molar-refractivity contribution is 5.97. The van der Waals surface area contributed by atoms with E-state index in [1.54, 1.807) is 19.2 Å². The molecule has 4 aromatic rings. The molecule has 0 radical (unpaired) electrons. The molecule has 9 N–H and O–H groups in total. The van der Waals surface area contributed by atoms with Gasteiger partial charge in [0.2, 0.25) is 12.0 Å². The number of aliphatic hydroxyl groups excluding tert-OH is 3. The molecule has 1 saturated heterocycles. The van der Waals surface area contributed by atoms with Gasteiger partial charge >= 0.3 is 11.9 Å². The van der Waals surface area contributed by atoms with Crippen molar-refractivity contribution in [2.45, 2.75) is 92.7 Å². The minimum atomic E-state index is -1.91. The third-order valence-electron chi connectivity index (χ3n) is 11.4. The van der Waals surface area contributed by atoms with Crippen molar-refractivity contribution in [1.29, 1.82) is 0 Å². The molecular formula is C40H43N3O14. The Morgan fingerprint density at radius 1 is 0.982 bits per heavy atom. The summed E-state index contributed by atoms with van der Waals surface area (Å²) in [6, 6.07) is 14.8. The van der Waals surface area contributed by atoms with Gasteiger partial charge in [-0.1, -0.05) is 24.3 Å². The summed E-state index contributed by atoms with van der Waals surface area (Å²) in [4.78, 5) is 39.5. The summed E-state index contributed by atoms with van der Waals surface area (Å²) in [6.45, 7) is 0. The quantitative estimate of drug-likeness (QED) is 0.0690. The topological polar surface area (TPSA) is 265 Å². The Morgan fingerprint density at radius 3 is 2.44 bits per heavy atom. The molecule has 57 heavy (non-hydrogen) atoms. The molecule has 8 rings (SSSR count). The van der Waals surface area contributed by atoms with Gasteiger partial charge in [0.15, 0.2) is 17.6 Å². The number of para-hydroxylation sites is 1. The molecule has 0 amide bonds. The van der Waals surface area contributed by atoms with Gasteiger partial charge in [-0.2, -0.15) is 0 Å². The number of aromatic nitrogens is 1. The van der Waals surface area contributed by atoms with Gasteiger partial charge in [-0.3, -0.25) is 14.4 Å². The Kier molecular flexibility index (Phi) is 9.99. The zero-order valence-electron chi connectivity index (χ0n) is 31.0. The molecule has 4 heterocycles. The molecule has 1 aromatic heterocycles. The highest BCUT2D eigenvalue weighted by atomic mass is 16.7. The Labute approximate surface area is 325 Å². The molecule has 0 unspecified atom stereocenters. The number of ketones is 1. The van der Waals surface area contributed by atoms with E-state index in [1.165, 1.54) is 7.11 Å². The Morgan fingerprint density at radius 2 is 1.74 bits per heavy atom. The number of carboxylic acid groups (broad SMARTS) is 1. The number of nitrogens with two attached hydrogens (primary N) is 2. The van der Waals surface area contributed by atoms with E-state index >= 15 is 0 Å². The first-order valence-electron chi connectivity index (χ1n) is 18.5. The van der Waals surface area contributed by atoms with Gasteiger partial charge in [-0.25, -0.2) is 0 Å². The van der Waals surface area contributed by atoms with Crippen molar-refractivity contribution in [3.8, 4) is 39.9 Å². The van der Waals surface area contributed by atoms with Gasteiger partial charge < -0.3 is 70.0 Å². The van der Waals surface area contributed by atoms with Crippen LogP contribution < -0.4 is 35.2 Å². The molecule has 17 heteroatoms. The van der Waals surface area contributed by atoms with Crippen LogP contribution in [-0.2, 0) is 23.9 Å². The molecule has 1 aliphatic carbocycles. The predicted octanol–water partition coefficient (Wildman–Crippen LogP) is 2.16. The van der Waals surface area contributed by atoms with Crippen LogP contribution in [0.4, 0.5) is 0 Å². The smallest absolute Gasteiger partial charge is 0.317 e. The number of esters is 1. The summed E-state index contributed by atoms with van der Waals surface area (Å²) in [5, 5.41) is 43.0. The summed E-state index contributed by atoms with van der Waals surface area (Å²) < 4.78 is 42.9. The van der Waals surface area contributed by atoms with Crippen molar-refractivity contribution in [2.75, 3.05) is 14.2 Å². The van der Waals surface area contributed by atoms with Gasteiger partial charge in [0.1, 0.15) is 59.8 Å². The maximum Gasteiger partial charge on any atom is 0.317 e. The number of hydrogen-bond donors (Lipinski definition) is 7. The second kappa shape index (κ2) is 14.8. The van der Waals surface area contributed by atoms with Crippen LogP contribution >= 0.6 is 0 Å². The summed E-state index contributed by atoms with van der Waals surface area (Å²) in [5.41, 5.74) is 14.6. The maximum atomic E-state index is 12.7. The van der Waals surface area contributed by atoms with Crippen molar-refractivity contribution >= 4 is 28.6 Å². The molecule has 2 fully saturated rings. The van der Waals surface area contributed by atoms with E-state index < -0.39 is 73.0 Å². The number of methoxy groups -OCH3 is 2. The minimum absolute atomic E-state index is 0.104. The largest absolute Gasteiger partial charge is 0.493 e. The molecule has 3 aliphatic heterocycles. The number of Topliss-reactive ketones (excluding diaryl/α,β-unsaturated/α-hetero) is 1. The summed E-state index contributed by atoms with van der Waals surface area (Å²) in [7, 11) is 3.08. The number of aromatic amines is 1. The summed E-state index contributed by atoms with van der Waals surface area (Å²) in [6.07, 6.45) is -10.6. The van der Waals surface area contributed by atoms with E-state index in [0.717, 1.165) is 22.0 Å². The van der Waals surface area contributed by atoms with E-state index in [9.17, 15) is 29.7 Å². The standard InChI is InChI=1S/C40H43N3O14/c1-51-24-8-7-20-29-35(55-33(20)34(24)52-2)28-21(22-16-43-23-6-4-3-5-19(22)23)13-18(14-25(28)57-40(29)11-9-17(44)10-12-40)53-39-32(50)30(48)31(49)36(56-39)37(38(41)42)54-27(47)15-26(45)46/h3-8,13-14,16,29-32,35-39,43,48-50H,9-12,15,41-42H2,1-2H3,(H,45,46)/t29-,30-,31-,32+,35-,36-,37-,39+/m0/s1. The van der Waals surface area contributed by atoms with Crippen LogP contribution in [0.2, 0.25) is 0 Å². The van der Waals surface area contributed by atoms with Gasteiger partial charge in [0.25, 0.3) is 0 Å². The molecule has 4 aliphatic rings. The second-order valence-electron chi connectivity index (χ2n) is 14.7. The molecule has 0 bridgehead atoms. The van der Waals surface area contributed by atoms with Crippen molar-refractivity contribution in [2.24, 2.45) is 11.5 Å². The highest BCUT2D eigenvalue weighted by Gasteiger charge is 2.58.